The smallest absolute Gasteiger partial charge is 0.248 e. The Morgan fingerprint density at radius 3 is 2.40 bits per heavy atom. The van der Waals surface area contributed by atoms with Gasteiger partial charge in [0.05, 0.1) is 9.50 Å². The molecule has 2 N–H and O–H groups in total. The number of primary amides is 1. The lowest BCUT2D eigenvalue weighted by atomic mass is 10.2. The summed E-state index contributed by atoms with van der Waals surface area (Å²) >= 11 is 15.2. The van der Waals surface area contributed by atoms with E-state index < -0.39 is 5.91 Å². The van der Waals surface area contributed by atoms with Crippen molar-refractivity contribution in [1.29, 1.82) is 0 Å². The third kappa shape index (κ3) is 3.66. The molecule has 0 saturated carbocycles. The van der Waals surface area contributed by atoms with E-state index in [4.69, 9.17) is 33.7 Å². The molecule has 0 aliphatic rings. The van der Waals surface area contributed by atoms with Crippen LogP contribution >= 0.6 is 39.1 Å². The number of hydrogen-bond acceptors (Lipinski definition) is 2. The average molecular weight is 375 g/mol. The fraction of sp³-hybridized carbons (Fsp3) is 0.0714. The second-order valence-corrected chi connectivity index (χ2v) is 5.75. The maximum atomic E-state index is 11.1. The van der Waals surface area contributed by atoms with E-state index in [9.17, 15) is 4.79 Å². The number of carbonyl (C=O) groups is 1. The fourth-order valence-electron chi connectivity index (χ4n) is 1.58. The summed E-state index contributed by atoms with van der Waals surface area (Å²) in [5, 5.41) is 0.987. The maximum absolute atomic E-state index is 11.1. The summed E-state index contributed by atoms with van der Waals surface area (Å²) in [6, 6.07) is 10.3. The van der Waals surface area contributed by atoms with E-state index in [0.29, 0.717) is 32.4 Å². The molecule has 0 spiro atoms. The summed E-state index contributed by atoms with van der Waals surface area (Å²) in [5.74, 6) is -0.0801. The molecule has 6 heteroatoms. The lowest BCUT2D eigenvalue weighted by Crippen LogP contribution is -2.11. The van der Waals surface area contributed by atoms with Gasteiger partial charge in [-0.3, -0.25) is 4.79 Å². The van der Waals surface area contributed by atoms with Gasteiger partial charge in [-0.1, -0.05) is 35.3 Å². The van der Waals surface area contributed by atoms with Crippen molar-refractivity contribution in [2.24, 2.45) is 5.73 Å². The number of hydrogen-bond donors (Lipinski definition) is 1. The molecule has 20 heavy (non-hydrogen) atoms. The Bertz CT molecular complexity index is 621. The van der Waals surface area contributed by atoms with Crippen LogP contribution in [0, 0.1) is 0 Å². The summed E-state index contributed by atoms with van der Waals surface area (Å²) in [7, 11) is 0. The number of benzene rings is 2. The molecule has 3 nitrogen and oxygen atoms in total. The molecule has 2 aromatic carbocycles. The normalized spacial score (nSPS) is 10.3. The maximum Gasteiger partial charge on any atom is 0.248 e. The molecule has 0 aliphatic carbocycles. The number of amides is 1. The summed E-state index contributed by atoms with van der Waals surface area (Å²) in [4.78, 5) is 11.1. The summed E-state index contributed by atoms with van der Waals surface area (Å²) in [6.07, 6.45) is 0. The first-order chi connectivity index (χ1) is 9.47. The van der Waals surface area contributed by atoms with Gasteiger partial charge in [-0.15, -0.1) is 0 Å². The Morgan fingerprint density at radius 1 is 1.20 bits per heavy atom. The zero-order valence-electron chi connectivity index (χ0n) is 10.2. The van der Waals surface area contributed by atoms with Crippen LogP contribution in [0.25, 0.3) is 0 Å². The highest BCUT2D eigenvalue weighted by molar-refractivity contribution is 9.10. The quantitative estimate of drug-likeness (QED) is 0.860. The minimum Gasteiger partial charge on any atom is -0.486 e. The molecule has 0 unspecified atom stereocenters. The molecule has 0 radical (unpaired) electrons. The van der Waals surface area contributed by atoms with Crippen LogP contribution in [0.3, 0.4) is 0 Å². The largest absolute Gasteiger partial charge is 0.486 e. The molecule has 0 saturated heterocycles. The zero-order chi connectivity index (χ0) is 14.7. The lowest BCUT2D eigenvalue weighted by molar-refractivity contribution is 0.1000. The van der Waals surface area contributed by atoms with Crippen LogP contribution in [0.5, 0.6) is 5.75 Å². The van der Waals surface area contributed by atoms with Crippen molar-refractivity contribution in [1.82, 2.24) is 0 Å². The monoisotopic (exact) mass is 373 g/mol. The second kappa shape index (κ2) is 6.48. The van der Waals surface area contributed by atoms with Gasteiger partial charge in [0.25, 0.3) is 0 Å². The molecule has 0 aromatic heterocycles. The predicted molar refractivity (Wildman–Crippen MR) is 83.5 cm³/mol. The Morgan fingerprint density at radius 2 is 1.85 bits per heavy atom. The van der Waals surface area contributed by atoms with Crippen molar-refractivity contribution in [3.05, 3.63) is 62.0 Å². The highest BCUT2D eigenvalue weighted by Crippen LogP contribution is 2.35. The first-order valence-corrected chi connectivity index (χ1v) is 7.18. The van der Waals surface area contributed by atoms with Gasteiger partial charge in [-0.2, -0.15) is 0 Å². The van der Waals surface area contributed by atoms with Crippen LogP contribution in [0.15, 0.2) is 40.9 Å². The number of rotatable bonds is 4. The number of nitrogens with two attached hydrogens (primary N) is 1. The number of carbonyl (C=O) groups excluding carboxylic acids is 1. The molecule has 0 heterocycles. The highest BCUT2D eigenvalue weighted by Gasteiger charge is 2.12. The summed E-state index contributed by atoms with van der Waals surface area (Å²) < 4.78 is 6.23. The van der Waals surface area contributed by atoms with Crippen molar-refractivity contribution < 1.29 is 9.53 Å². The molecule has 2 rings (SSSR count). The summed E-state index contributed by atoms with van der Waals surface area (Å²) in [5.41, 5.74) is 6.48. The third-order valence-corrected chi connectivity index (χ3v) is 3.70. The van der Waals surface area contributed by atoms with Crippen LogP contribution in [0.2, 0.25) is 10.0 Å². The second-order valence-electron chi connectivity index (χ2n) is 4.05. The highest BCUT2D eigenvalue weighted by atomic mass is 79.9. The first kappa shape index (κ1) is 15.2. The van der Waals surface area contributed by atoms with Crippen LogP contribution < -0.4 is 10.5 Å². The van der Waals surface area contributed by atoms with Crippen LogP contribution in [-0.2, 0) is 6.61 Å². The molecule has 0 fully saturated rings. The van der Waals surface area contributed by atoms with E-state index in [1.54, 1.807) is 18.2 Å². The molecule has 2 aromatic rings. The Balaban J connectivity index is 2.17. The minimum absolute atomic E-state index is 0.320. The zero-order valence-corrected chi connectivity index (χ0v) is 13.3. The van der Waals surface area contributed by atoms with Gasteiger partial charge in [-0.05, 0) is 45.8 Å². The fourth-order valence-corrected chi connectivity index (χ4v) is 2.66. The SMILES string of the molecule is NC(=O)c1cc(Cl)c(OCc2ccc(Cl)cc2)c(Br)c1. The van der Waals surface area contributed by atoms with E-state index >= 15 is 0 Å². The third-order valence-electron chi connectivity index (χ3n) is 2.58. The molecule has 1 amide bonds. The Labute approximate surface area is 134 Å². The summed E-state index contributed by atoms with van der Waals surface area (Å²) in [6.45, 7) is 0.339. The van der Waals surface area contributed by atoms with Crippen molar-refractivity contribution in [3.63, 3.8) is 0 Å². The van der Waals surface area contributed by atoms with Gasteiger partial charge in [-0.25, -0.2) is 0 Å². The van der Waals surface area contributed by atoms with Gasteiger partial charge in [0.2, 0.25) is 5.91 Å². The molecule has 104 valence electrons. The van der Waals surface area contributed by atoms with Gasteiger partial charge in [0.1, 0.15) is 6.61 Å². The molecular formula is C14H10BrCl2NO2. The van der Waals surface area contributed by atoms with Crippen molar-refractivity contribution in [2.75, 3.05) is 0 Å². The van der Waals surface area contributed by atoms with Crippen molar-refractivity contribution in [3.8, 4) is 5.75 Å². The van der Waals surface area contributed by atoms with Crippen LogP contribution in [0.1, 0.15) is 15.9 Å². The predicted octanol–water partition coefficient (Wildman–Crippen LogP) is 4.43. The van der Waals surface area contributed by atoms with E-state index in [0.717, 1.165) is 5.56 Å². The van der Waals surface area contributed by atoms with Crippen LogP contribution in [0.4, 0.5) is 0 Å². The first-order valence-electron chi connectivity index (χ1n) is 5.63. The molecule has 0 bridgehead atoms. The molecular weight excluding hydrogens is 365 g/mol. The van der Waals surface area contributed by atoms with E-state index in [2.05, 4.69) is 15.9 Å². The Kier molecular flexibility index (Phi) is 4.91. The van der Waals surface area contributed by atoms with Gasteiger partial charge >= 0.3 is 0 Å². The van der Waals surface area contributed by atoms with E-state index in [1.165, 1.54) is 6.07 Å². The van der Waals surface area contributed by atoms with Crippen LogP contribution in [-0.4, -0.2) is 5.91 Å². The Hall–Kier alpha value is -1.23. The van der Waals surface area contributed by atoms with Gasteiger partial charge in [0, 0.05) is 10.6 Å². The van der Waals surface area contributed by atoms with Gasteiger partial charge < -0.3 is 10.5 Å². The number of ether oxygens (including phenoxy) is 1. The van der Waals surface area contributed by atoms with Crippen molar-refractivity contribution >= 4 is 45.0 Å². The molecule has 0 aliphatic heterocycles. The lowest BCUT2D eigenvalue weighted by Gasteiger charge is -2.11. The van der Waals surface area contributed by atoms with Crippen molar-refractivity contribution in [2.45, 2.75) is 6.61 Å². The average Bonchev–Trinajstić information content (AvgIpc) is 2.39. The minimum atomic E-state index is -0.545. The standard InChI is InChI=1S/C14H10BrCl2NO2/c15-11-5-9(14(18)19)6-12(17)13(11)20-7-8-1-3-10(16)4-2-8/h1-6H,7H2,(H2,18,19). The topological polar surface area (TPSA) is 52.3 Å². The van der Waals surface area contributed by atoms with Gasteiger partial charge in [0.15, 0.2) is 5.75 Å². The van der Waals surface area contributed by atoms with E-state index in [1.807, 2.05) is 12.1 Å². The number of halogens is 3. The van der Waals surface area contributed by atoms with E-state index in [-0.39, 0.29) is 0 Å². The molecule has 0 atom stereocenters.